The summed E-state index contributed by atoms with van der Waals surface area (Å²) in [5, 5.41) is 2.94. The highest BCUT2D eigenvalue weighted by Crippen LogP contribution is 2.19. The third-order valence-corrected chi connectivity index (χ3v) is 6.19. The molecule has 0 bridgehead atoms. The predicted molar refractivity (Wildman–Crippen MR) is 100 cm³/mol. The van der Waals surface area contributed by atoms with Gasteiger partial charge in [0, 0.05) is 52.0 Å². The normalized spacial score (nSPS) is 16.0. The van der Waals surface area contributed by atoms with Gasteiger partial charge in [0.1, 0.15) is 5.75 Å². The highest BCUT2D eigenvalue weighted by molar-refractivity contribution is 7.89. The molecule has 0 aliphatic carbocycles. The molecule has 8 heteroatoms. The van der Waals surface area contributed by atoms with Crippen LogP contribution in [0.3, 0.4) is 0 Å². The van der Waals surface area contributed by atoms with Crippen LogP contribution >= 0.6 is 0 Å². The molecule has 140 valence electrons. The minimum Gasteiger partial charge on any atom is -0.369 e. The summed E-state index contributed by atoms with van der Waals surface area (Å²) in [6.07, 6.45) is 0. The first-order valence-electron chi connectivity index (χ1n) is 8.51. The maximum Gasteiger partial charge on any atom is 0.238 e. The van der Waals surface area contributed by atoms with Gasteiger partial charge < -0.3 is 15.1 Å². The van der Waals surface area contributed by atoms with Gasteiger partial charge in [0.2, 0.25) is 15.9 Å². The molecule has 0 unspecified atom stereocenters. The molecule has 1 aliphatic rings. The number of likely N-dealkylation sites (N-methyl/N-ethyl adjacent to an activating group) is 2. The van der Waals surface area contributed by atoms with Crippen LogP contribution in [0, 0.1) is 6.92 Å². The zero-order valence-corrected chi connectivity index (χ0v) is 16.1. The van der Waals surface area contributed by atoms with Crippen molar-refractivity contribution in [2.24, 2.45) is 0 Å². The molecule has 0 aromatic heterocycles. The molecule has 0 radical (unpaired) electrons. The van der Waals surface area contributed by atoms with Gasteiger partial charge in [0.25, 0.3) is 0 Å². The standard InChI is InChI=1S/C17H28N4O3S/c1-15-5-4-6-16(13-15)20-9-11-21(12-10-20)25(23,24)14-17(22)19(3)8-7-18-2/h4-6,13,18H,7-12,14H2,1-3H3. The maximum atomic E-state index is 12.5. The average Bonchev–Trinajstić information content (AvgIpc) is 2.59. The van der Waals surface area contributed by atoms with Crippen LogP contribution in [0.2, 0.25) is 0 Å². The van der Waals surface area contributed by atoms with E-state index in [1.807, 2.05) is 25.1 Å². The zero-order valence-electron chi connectivity index (χ0n) is 15.2. The van der Waals surface area contributed by atoms with Crippen molar-refractivity contribution in [1.82, 2.24) is 14.5 Å². The number of hydrogen-bond acceptors (Lipinski definition) is 5. The molecule has 1 N–H and O–H groups in total. The van der Waals surface area contributed by atoms with E-state index in [2.05, 4.69) is 16.3 Å². The van der Waals surface area contributed by atoms with Crippen LogP contribution < -0.4 is 10.2 Å². The Kier molecular flexibility index (Phi) is 6.80. The molecule has 0 spiro atoms. The monoisotopic (exact) mass is 368 g/mol. The van der Waals surface area contributed by atoms with Gasteiger partial charge in [-0.25, -0.2) is 8.42 Å². The second-order valence-corrected chi connectivity index (χ2v) is 8.37. The van der Waals surface area contributed by atoms with Crippen LogP contribution in [0.4, 0.5) is 5.69 Å². The highest BCUT2D eigenvalue weighted by atomic mass is 32.2. The Morgan fingerprint density at radius 1 is 1.24 bits per heavy atom. The molecule has 25 heavy (non-hydrogen) atoms. The SMILES string of the molecule is CNCCN(C)C(=O)CS(=O)(=O)N1CCN(c2cccc(C)c2)CC1. The fourth-order valence-electron chi connectivity index (χ4n) is 2.81. The van der Waals surface area contributed by atoms with Crippen molar-refractivity contribution in [3.8, 4) is 0 Å². The molecule has 1 aliphatic heterocycles. The molecule has 1 heterocycles. The second kappa shape index (κ2) is 8.64. The third-order valence-electron chi connectivity index (χ3n) is 4.43. The van der Waals surface area contributed by atoms with E-state index in [1.165, 1.54) is 14.8 Å². The van der Waals surface area contributed by atoms with E-state index < -0.39 is 15.8 Å². The quantitative estimate of drug-likeness (QED) is 0.740. The minimum atomic E-state index is -3.57. The van der Waals surface area contributed by atoms with Gasteiger partial charge in [0.05, 0.1) is 0 Å². The van der Waals surface area contributed by atoms with Gasteiger partial charge in [-0.3, -0.25) is 4.79 Å². The van der Waals surface area contributed by atoms with Gasteiger partial charge in [0.15, 0.2) is 0 Å². The first-order chi connectivity index (χ1) is 11.8. The Hall–Kier alpha value is -1.64. The van der Waals surface area contributed by atoms with Crippen molar-refractivity contribution in [3.63, 3.8) is 0 Å². The number of aryl methyl sites for hydroxylation is 1. The average molecular weight is 369 g/mol. The first kappa shape index (κ1) is 19.7. The zero-order chi connectivity index (χ0) is 18.4. The van der Waals surface area contributed by atoms with Crippen LogP contribution in [0.1, 0.15) is 5.56 Å². The number of carbonyl (C=O) groups excluding carboxylic acids is 1. The van der Waals surface area contributed by atoms with E-state index in [9.17, 15) is 13.2 Å². The number of nitrogens with zero attached hydrogens (tertiary/aromatic N) is 3. The number of hydrogen-bond donors (Lipinski definition) is 1. The molecular weight excluding hydrogens is 340 g/mol. The molecule has 1 amide bonds. The third kappa shape index (κ3) is 5.42. The number of benzene rings is 1. The van der Waals surface area contributed by atoms with Crippen molar-refractivity contribution < 1.29 is 13.2 Å². The maximum absolute atomic E-state index is 12.5. The lowest BCUT2D eigenvalue weighted by atomic mass is 10.2. The first-order valence-corrected chi connectivity index (χ1v) is 10.1. The summed E-state index contributed by atoms with van der Waals surface area (Å²) in [6.45, 7) is 5.25. The van der Waals surface area contributed by atoms with Crippen LogP contribution in [-0.4, -0.2) is 82.6 Å². The number of nitrogens with one attached hydrogen (secondary N) is 1. The lowest BCUT2D eigenvalue weighted by Crippen LogP contribution is -2.51. The molecule has 0 saturated carbocycles. The van der Waals surface area contributed by atoms with Crippen LogP contribution in [-0.2, 0) is 14.8 Å². The van der Waals surface area contributed by atoms with Gasteiger partial charge in [-0.15, -0.1) is 0 Å². The van der Waals surface area contributed by atoms with Crippen LogP contribution in [0.15, 0.2) is 24.3 Å². The van der Waals surface area contributed by atoms with Crippen molar-refractivity contribution in [2.45, 2.75) is 6.92 Å². The van der Waals surface area contributed by atoms with Crippen molar-refractivity contribution in [3.05, 3.63) is 29.8 Å². The van der Waals surface area contributed by atoms with Gasteiger partial charge in [-0.2, -0.15) is 4.31 Å². The fourth-order valence-corrected chi connectivity index (χ4v) is 4.25. The van der Waals surface area contributed by atoms with E-state index in [0.29, 0.717) is 39.3 Å². The number of anilines is 1. The molecule has 0 atom stereocenters. The Labute approximate surface area is 150 Å². The summed E-state index contributed by atoms with van der Waals surface area (Å²) in [7, 11) is -0.147. The van der Waals surface area contributed by atoms with Crippen LogP contribution in [0.5, 0.6) is 0 Å². The Bertz CT molecular complexity index is 685. The molecule has 1 aromatic rings. The van der Waals surface area contributed by atoms with E-state index in [4.69, 9.17) is 0 Å². The summed E-state index contributed by atoms with van der Waals surface area (Å²) in [6, 6.07) is 8.19. The van der Waals surface area contributed by atoms with E-state index in [0.717, 1.165) is 5.69 Å². The largest absolute Gasteiger partial charge is 0.369 e. The smallest absolute Gasteiger partial charge is 0.238 e. The summed E-state index contributed by atoms with van der Waals surface area (Å²) in [5.74, 6) is -0.825. The van der Waals surface area contributed by atoms with Crippen molar-refractivity contribution in [1.29, 1.82) is 0 Å². The number of piperazine rings is 1. The summed E-state index contributed by atoms with van der Waals surface area (Å²) >= 11 is 0. The molecule has 2 rings (SSSR count). The van der Waals surface area contributed by atoms with E-state index in [-0.39, 0.29) is 5.91 Å². The number of sulfonamides is 1. The summed E-state index contributed by atoms with van der Waals surface area (Å²) in [4.78, 5) is 15.7. The lowest BCUT2D eigenvalue weighted by Gasteiger charge is -2.35. The second-order valence-electron chi connectivity index (χ2n) is 6.40. The summed E-state index contributed by atoms with van der Waals surface area (Å²) in [5.41, 5.74) is 2.29. The van der Waals surface area contributed by atoms with Gasteiger partial charge in [-0.1, -0.05) is 12.1 Å². The highest BCUT2D eigenvalue weighted by Gasteiger charge is 2.30. The fraction of sp³-hybridized carbons (Fsp3) is 0.588. The molecule has 1 saturated heterocycles. The predicted octanol–water partition coefficient (Wildman–Crippen LogP) is 0.125. The molecular formula is C17H28N4O3S. The van der Waals surface area contributed by atoms with Crippen LogP contribution in [0.25, 0.3) is 0 Å². The molecule has 1 aromatic carbocycles. The minimum absolute atomic E-state index is 0.364. The topological polar surface area (TPSA) is 73.0 Å². The molecule has 7 nitrogen and oxygen atoms in total. The van der Waals surface area contributed by atoms with Crippen molar-refractivity contribution >= 4 is 21.6 Å². The number of amides is 1. The summed E-state index contributed by atoms with van der Waals surface area (Å²) < 4.78 is 26.5. The Balaban J connectivity index is 1.91. The molecule has 1 fully saturated rings. The van der Waals surface area contributed by atoms with Gasteiger partial charge in [-0.05, 0) is 31.7 Å². The Morgan fingerprint density at radius 2 is 1.92 bits per heavy atom. The Morgan fingerprint density at radius 3 is 2.52 bits per heavy atom. The lowest BCUT2D eigenvalue weighted by molar-refractivity contribution is -0.127. The van der Waals surface area contributed by atoms with Gasteiger partial charge >= 0.3 is 0 Å². The van der Waals surface area contributed by atoms with E-state index in [1.54, 1.807) is 14.1 Å². The van der Waals surface area contributed by atoms with E-state index >= 15 is 0 Å². The number of carbonyl (C=O) groups is 1. The van der Waals surface area contributed by atoms with Crippen molar-refractivity contribution in [2.75, 3.05) is 64.0 Å². The number of rotatable bonds is 7.